The van der Waals surface area contributed by atoms with Crippen molar-refractivity contribution in [3.63, 3.8) is 0 Å². The molecule has 0 atom stereocenters. The number of aromatic nitrogens is 2. The van der Waals surface area contributed by atoms with Gasteiger partial charge in [0.2, 0.25) is 0 Å². The maximum Gasteiger partial charge on any atom is 0.191 e. The van der Waals surface area contributed by atoms with Gasteiger partial charge in [0.25, 0.3) is 0 Å². The van der Waals surface area contributed by atoms with Crippen LogP contribution in [0.3, 0.4) is 0 Å². The van der Waals surface area contributed by atoms with Gasteiger partial charge in [0.1, 0.15) is 11.6 Å². The minimum Gasteiger partial charge on any atom is -0.361 e. The van der Waals surface area contributed by atoms with Gasteiger partial charge in [0.05, 0.1) is 5.69 Å². The van der Waals surface area contributed by atoms with E-state index in [0.29, 0.717) is 12.6 Å². The van der Waals surface area contributed by atoms with Crippen molar-refractivity contribution in [3.8, 4) is 0 Å². The molecule has 7 nitrogen and oxygen atoms in total. The van der Waals surface area contributed by atoms with Crippen LogP contribution in [0.1, 0.15) is 36.8 Å². The molecule has 1 aliphatic rings. The Morgan fingerprint density at radius 3 is 2.68 bits per heavy atom. The van der Waals surface area contributed by atoms with Gasteiger partial charge in [0, 0.05) is 44.0 Å². The first-order chi connectivity index (χ1) is 13.2. The van der Waals surface area contributed by atoms with Crippen LogP contribution in [-0.4, -0.2) is 48.3 Å². The third-order valence-electron chi connectivity index (χ3n) is 4.97. The van der Waals surface area contributed by atoms with E-state index in [1.165, 1.54) is 5.56 Å². The molecule has 0 bridgehead atoms. The summed E-state index contributed by atoms with van der Waals surface area (Å²) in [7, 11) is 0. The van der Waals surface area contributed by atoms with E-state index in [2.05, 4.69) is 38.7 Å². The van der Waals surface area contributed by atoms with Gasteiger partial charge in [-0.2, -0.15) is 0 Å². The van der Waals surface area contributed by atoms with Crippen molar-refractivity contribution >= 4 is 35.8 Å². The molecular formula is C20H31IN6O. The minimum absolute atomic E-state index is 0. The number of hydrogen-bond donors (Lipinski definition) is 2. The summed E-state index contributed by atoms with van der Waals surface area (Å²) in [5.74, 6) is 2.85. The lowest BCUT2D eigenvalue weighted by Gasteiger charge is -2.33. The van der Waals surface area contributed by atoms with E-state index in [-0.39, 0.29) is 24.0 Å². The Hall–Kier alpha value is -1.84. The molecule has 0 amide bonds. The summed E-state index contributed by atoms with van der Waals surface area (Å²) in [6, 6.07) is 6.51. The first kappa shape index (κ1) is 22.4. The molecule has 0 aromatic carbocycles. The molecule has 3 heterocycles. The second-order valence-corrected chi connectivity index (χ2v) is 6.91. The SMILES string of the molecule is CCNC(=NCCc1c(C)noc1C)NC1CCN(c2ccccn2)CC1.I. The summed E-state index contributed by atoms with van der Waals surface area (Å²) in [6.07, 6.45) is 4.85. The third-order valence-corrected chi connectivity index (χ3v) is 4.97. The molecule has 0 unspecified atom stereocenters. The first-order valence-electron chi connectivity index (χ1n) is 9.80. The quantitative estimate of drug-likeness (QED) is 0.362. The van der Waals surface area contributed by atoms with Crippen LogP contribution >= 0.6 is 24.0 Å². The summed E-state index contributed by atoms with van der Waals surface area (Å²) in [5.41, 5.74) is 2.13. The second-order valence-electron chi connectivity index (χ2n) is 6.91. The van der Waals surface area contributed by atoms with Crippen LogP contribution in [0.25, 0.3) is 0 Å². The Bertz CT molecular complexity index is 721. The number of nitrogens with one attached hydrogen (secondary N) is 2. The van der Waals surface area contributed by atoms with Gasteiger partial charge >= 0.3 is 0 Å². The molecule has 0 saturated carbocycles. The predicted molar refractivity (Wildman–Crippen MR) is 124 cm³/mol. The van der Waals surface area contributed by atoms with Crippen LogP contribution in [0.5, 0.6) is 0 Å². The normalized spacial score (nSPS) is 15.2. The highest BCUT2D eigenvalue weighted by molar-refractivity contribution is 14.0. The number of piperidine rings is 1. The Kier molecular flexibility index (Phi) is 9.01. The molecule has 28 heavy (non-hydrogen) atoms. The fourth-order valence-corrected chi connectivity index (χ4v) is 3.45. The van der Waals surface area contributed by atoms with E-state index in [4.69, 9.17) is 9.52 Å². The van der Waals surface area contributed by atoms with Gasteiger partial charge in [-0.3, -0.25) is 4.99 Å². The number of rotatable bonds is 6. The highest BCUT2D eigenvalue weighted by Crippen LogP contribution is 2.17. The van der Waals surface area contributed by atoms with Gasteiger partial charge in [-0.15, -0.1) is 24.0 Å². The van der Waals surface area contributed by atoms with E-state index in [1.807, 2.05) is 32.2 Å². The lowest BCUT2D eigenvalue weighted by molar-refractivity contribution is 0.392. The molecule has 0 spiro atoms. The number of aliphatic imine (C=N–C) groups is 1. The fourth-order valence-electron chi connectivity index (χ4n) is 3.45. The largest absolute Gasteiger partial charge is 0.361 e. The van der Waals surface area contributed by atoms with E-state index in [0.717, 1.165) is 62.1 Å². The van der Waals surface area contributed by atoms with Gasteiger partial charge in [0.15, 0.2) is 5.96 Å². The number of nitrogens with zero attached hydrogens (tertiary/aromatic N) is 4. The predicted octanol–water partition coefficient (Wildman–Crippen LogP) is 3.07. The van der Waals surface area contributed by atoms with Crippen molar-refractivity contribution < 1.29 is 4.52 Å². The van der Waals surface area contributed by atoms with Gasteiger partial charge < -0.3 is 20.1 Å². The van der Waals surface area contributed by atoms with Crippen molar-refractivity contribution in [1.82, 2.24) is 20.8 Å². The average Bonchev–Trinajstić information content (AvgIpc) is 3.01. The molecule has 154 valence electrons. The molecular weight excluding hydrogens is 467 g/mol. The average molecular weight is 498 g/mol. The minimum atomic E-state index is 0. The van der Waals surface area contributed by atoms with Crippen LogP contribution in [0, 0.1) is 13.8 Å². The van der Waals surface area contributed by atoms with E-state index >= 15 is 0 Å². The molecule has 2 aromatic heterocycles. The Morgan fingerprint density at radius 2 is 2.07 bits per heavy atom. The number of pyridine rings is 1. The van der Waals surface area contributed by atoms with Crippen LogP contribution < -0.4 is 15.5 Å². The topological polar surface area (TPSA) is 78.6 Å². The molecule has 2 N–H and O–H groups in total. The molecule has 1 aliphatic heterocycles. The summed E-state index contributed by atoms with van der Waals surface area (Å²) in [5, 5.41) is 11.0. The van der Waals surface area contributed by atoms with Gasteiger partial charge in [-0.05, 0) is 52.2 Å². The van der Waals surface area contributed by atoms with Crippen molar-refractivity contribution in [2.45, 2.75) is 46.1 Å². The zero-order valence-corrected chi connectivity index (χ0v) is 19.3. The standard InChI is InChI=1S/C20H30N6O.HI/c1-4-21-20(23-12-8-18-15(2)25-27-16(18)3)24-17-9-13-26(14-10-17)19-7-5-6-11-22-19;/h5-7,11,17H,4,8-10,12-14H2,1-3H3,(H2,21,23,24);1H. The molecule has 1 fully saturated rings. The Morgan fingerprint density at radius 1 is 1.29 bits per heavy atom. The lowest BCUT2D eigenvalue weighted by atomic mass is 10.1. The smallest absolute Gasteiger partial charge is 0.191 e. The van der Waals surface area contributed by atoms with Crippen LogP contribution in [0.2, 0.25) is 0 Å². The fraction of sp³-hybridized carbons (Fsp3) is 0.550. The highest BCUT2D eigenvalue weighted by Gasteiger charge is 2.20. The Labute approximate surface area is 184 Å². The first-order valence-corrected chi connectivity index (χ1v) is 9.80. The van der Waals surface area contributed by atoms with Crippen molar-refractivity contribution in [2.24, 2.45) is 4.99 Å². The molecule has 8 heteroatoms. The maximum absolute atomic E-state index is 5.23. The van der Waals surface area contributed by atoms with Crippen molar-refractivity contribution in [2.75, 3.05) is 31.1 Å². The van der Waals surface area contributed by atoms with E-state index in [9.17, 15) is 0 Å². The molecule has 0 radical (unpaired) electrons. The molecule has 2 aromatic rings. The van der Waals surface area contributed by atoms with Crippen LogP contribution in [0.15, 0.2) is 33.9 Å². The number of guanidine groups is 1. The number of anilines is 1. The van der Waals surface area contributed by atoms with Gasteiger partial charge in [-0.25, -0.2) is 4.98 Å². The number of aryl methyl sites for hydroxylation is 2. The van der Waals surface area contributed by atoms with E-state index in [1.54, 1.807) is 0 Å². The summed E-state index contributed by atoms with van der Waals surface area (Å²) < 4.78 is 5.23. The van der Waals surface area contributed by atoms with E-state index < -0.39 is 0 Å². The summed E-state index contributed by atoms with van der Waals surface area (Å²) in [6.45, 7) is 9.61. The van der Waals surface area contributed by atoms with Crippen molar-refractivity contribution in [1.29, 1.82) is 0 Å². The Balaban J connectivity index is 0.00000280. The third kappa shape index (κ3) is 6.08. The zero-order chi connectivity index (χ0) is 19.1. The lowest BCUT2D eigenvalue weighted by Crippen LogP contribution is -2.49. The van der Waals surface area contributed by atoms with Crippen LogP contribution in [0.4, 0.5) is 5.82 Å². The summed E-state index contributed by atoms with van der Waals surface area (Å²) >= 11 is 0. The van der Waals surface area contributed by atoms with Gasteiger partial charge in [-0.1, -0.05) is 11.2 Å². The number of halogens is 1. The number of hydrogen-bond acceptors (Lipinski definition) is 5. The highest BCUT2D eigenvalue weighted by atomic mass is 127. The molecule has 1 saturated heterocycles. The molecule has 3 rings (SSSR count). The molecule has 0 aliphatic carbocycles. The second kappa shape index (κ2) is 11.2. The van der Waals surface area contributed by atoms with Crippen LogP contribution in [-0.2, 0) is 6.42 Å². The summed E-state index contributed by atoms with van der Waals surface area (Å²) in [4.78, 5) is 11.5. The monoisotopic (exact) mass is 498 g/mol. The van der Waals surface area contributed by atoms with Crippen molar-refractivity contribution in [3.05, 3.63) is 41.4 Å². The maximum atomic E-state index is 5.23. The zero-order valence-electron chi connectivity index (χ0n) is 16.9.